The molecular weight excluding hydrogens is 234 g/mol. The van der Waals surface area contributed by atoms with Crippen molar-refractivity contribution in [2.45, 2.75) is 58.3 Å². The standard InChI is InChI=1S/C17H25NO/c1-3-13-8-9-14-6-5-7-15(16(14)12-13)10-11-18-17(19)4-2/h8-9,12,15H,3-7,10-11H2,1-2H3,(H,18,19). The van der Waals surface area contributed by atoms with Crippen LogP contribution >= 0.6 is 0 Å². The Labute approximate surface area is 116 Å². The Morgan fingerprint density at radius 1 is 1.37 bits per heavy atom. The summed E-state index contributed by atoms with van der Waals surface area (Å²) < 4.78 is 0. The summed E-state index contributed by atoms with van der Waals surface area (Å²) in [5.74, 6) is 0.797. The van der Waals surface area contributed by atoms with Crippen molar-refractivity contribution in [2.75, 3.05) is 6.54 Å². The molecule has 104 valence electrons. The molecule has 1 aromatic carbocycles. The van der Waals surface area contributed by atoms with E-state index in [9.17, 15) is 4.79 Å². The van der Waals surface area contributed by atoms with Gasteiger partial charge in [-0.05, 0) is 54.7 Å². The molecule has 1 aromatic rings. The number of aryl methyl sites for hydroxylation is 2. The first-order valence-electron chi connectivity index (χ1n) is 7.63. The largest absolute Gasteiger partial charge is 0.356 e. The smallest absolute Gasteiger partial charge is 0.219 e. The number of rotatable bonds is 5. The molecule has 19 heavy (non-hydrogen) atoms. The first kappa shape index (κ1) is 14.1. The van der Waals surface area contributed by atoms with E-state index < -0.39 is 0 Å². The van der Waals surface area contributed by atoms with E-state index in [1.54, 1.807) is 0 Å². The van der Waals surface area contributed by atoms with Crippen molar-refractivity contribution in [1.29, 1.82) is 0 Å². The fraction of sp³-hybridized carbons (Fsp3) is 0.588. The molecule has 0 bridgehead atoms. The molecular formula is C17H25NO. The van der Waals surface area contributed by atoms with Crippen LogP contribution < -0.4 is 5.32 Å². The summed E-state index contributed by atoms with van der Waals surface area (Å²) in [5, 5.41) is 3.00. The zero-order chi connectivity index (χ0) is 13.7. The minimum Gasteiger partial charge on any atom is -0.356 e. The molecule has 1 aliphatic carbocycles. The van der Waals surface area contributed by atoms with Crippen LogP contribution in [-0.4, -0.2) is 12.5 Å². The topological polar surface area (TPSA) is 29.1 Å². The van der Waals surface area contributed by atoms with E-state index in [1.807, 2.05) is 6.92 Å². The van der Waals surface area contributed by atoms with Crippen molar-refractivity contribution >= 4 is 5.91 Å². The highest BCUT2D eigenvalue weighted by Gasteiger charge is 2.20. The van der Waals surface area contributed by atoms with Gasteiger partial charge in [0.2, 0.25) is 5.91 Å². The van der Waals surface area contributed by atoms with Crippen molar-refractivity contribution in [3.05, 3.63) is 34.9 Å². The number of hydrogen-bond donors (Lipinski definition) is 1. The fourth-order valence-electron chi connectivity index (χ4n) is 2.98. The molecule has 0 spiro atoms. The van der Waals surface area contributed by atoms with Crippen LogP contribution in [0.5, 0.6) is 0 Å². The fourth-order valence-corrected chi connectivity index (χ4v) is 2.98. The highest BCUT2D eigenvalue weighted by atomic mass is 16.1. The van der Waals surface area contributed by atoms with Crippen LogP contribution in [0.15, 0.2) is 18.2 Å². The molecule has 2 heteroatoms. The summed E-state index contributed by atoms with van der Waals surface area (Å²) in [5.41, 5.74) is 4.50. The number of benzene rings is 1. The Morgan fingerprint density at radius 3 is 2.95 bits per heavy atom. The van der Waals surface area contributed by atoms with Crippen LogP contribution in [0.1, 0.15) is 62.1 Å². The maximum Gasteiger partial charge on any atom is 0.219 e. The maximum atomic E-state index is 11.3. The summed E-state index contributed by atoms with van der Waals surface area (Å²) in [7, 11) is 0. The summed E-state index contributed by atoms with van der Waals surface area (Å²) in [4.78, 5) is 11.3. The molecule has 0 aliphatic heterocycles. The average molecular weight is 259 g/mol. The SMILES string of the molecule is CCC(=O)NCCC1CCCc2ccc(CC)cc21. The van der Waals surface area contributed by atoms with Crippen molar-refractivity contribution in [2.24, 2.45) is 0 Å². The predicted molar refractivity (Wildman–Crippen MR) is 79.4 cm³/mol. The molecule has 0 saturated carbocycles. The molecule has 2 nitrogen and oxygen atoms in total. The summed E-state index contributed by atoms with van der Waals surface area (Å²) in [6.45, 7) is 4.92. The van der Waals surface area contributed by atoms with E-state index in [0.717, 1.165) is 19.4 Å². The third kappa shape index (κ3) is 3.59. The van der Waals surface area contributed by atoms with Gasteiger partial charge >= 0.3 is 0 Å². The van der Waals surface area contributed by atoms with E-state index >= 15 is 0 Å². The minimum absolute atomic E-state index is 0.165. The number of carbonyl (C=O) groups is 1. The van der Waals surface area contributed by atoms with Gasteiger partial charge in [-0.2, -0.15) is 0 Å². The third-order valence-electron chi connectivity index (χ3n) is 4.19. The van der Waals surface area contributed by atoms with Crippen LogP contribution in [0, 0.1) is 0 Å². The summed E-state index contributed by atoms with van der Waals surface area (Å²) in [6.07, 6.45) is 6.53. The molecule has 2 rings (SSSR count). The number of amides is 1. The lowest BCUT2D eigenvalue weighted by molar-refractivity contribution is -0.120. The van der Waals surface area contributed by atoms with Gasteiger partial charge in [0, 0.05) is 13.0 Å². The lowest BCUT2D eigenvalue weighted by Crippen LogP contribution is -2.25. The first-order chi connectivity index (χ1) is 9.24. The Hall–Kier alpha value is -1.31. The van der Waals surface area contributed by atoms with Crippen LogP contribution in [-0.2, 0) is 17.6 Å². The quantitative estimate of drug-likeness (QED) is 0.860. The molecule has 0 aromatic heterocycles. The number of fused-ring (bicyclic) bond motifs is 1. The summed E-state index contributed by atoms with van der Waals surface area (Å²) >= 11 is 0. The van der Waals surface area contributed by atoms with Gasteiger partial charge in [0.25, 0.3) is 0 Å². The van der Waals surface area contributed by atoms with Crippen molar-refractivity contribution in [1.82, 2.24) is 5.32 Å². The van der Waals surface area contributed by atoms with E-state index in [4.69, 9.17) is 0 Å². The van der Waals surface area contributed by atoms with Gasteiger partial charge in [-0.25, -0.2) is 0 Å². The Bertz CT molecular complexity index is 439. The minimum atomic E-state index is 0.165. The zero-order valence-corrected chi connectivity index (χ0v) is 12.2. The number of hydrogen-bond acceptors (Lipinski definition) is 1. The highest BCUT2D eigenvalue weighted by Crippen LogP contribution is 2.34. The second-order valence-electron chi connectivity index (χ2n) is 5.47. The molecule has 0 fully saturated rings. The summed E-state index contributed by atoms with van der Waals surface area (Å²) in [6, 6.07) is 6.96. The number of carbonyl (C=O) groups excluding carboxylic acids is 1. The second-order valence-corrected chi connectivity index (χ2v) is 5.47. The number of nitrogens with one attached hydrogen (secondary N) is 1. The van der Waals surface area contributed by atoms with E-state index in [2.05, 4.69) is 30.4 Å². The van der Waals surface area contributed by atoms with Gasteiger partial charge < -0.3 is 5.32 Å². The Morgan fingerprint density at radius 2 is 2.21 bits per heavy atom. The normalized spacial score (nSPS) is 17.9. The van der Waals surface area contributed by atoms with Gasteiger partial charge in [0.1, 0.15) is 0 Å². The van der Waals surface area contributed by atoms with Crippen LogP contribution in [0.2, 0.25) is 0 Å². The van der Waals surface area contributed by atoms with E-state index in [0.29, 0.717) is 12.3 Å². The molecule has 1 unspecified atom stereocenters. The molecule has 1 atom stereocenters. The van der Waals surface area contributed by atoms with Crippen LogP contribution in [0.25, 0.3) is 0 Å². The highest BCUT2D eigenvalue weighted by molar-refractivity contribution is 5.75. The van der Waals surface area contributed by atoms with Crippen molar-refractivity contribution in [3.8, 4) is 0 Å². The van der Waals surface area contributed by atoms with Gasteiger partial charge in [-0.15, -0.1) is 0 Å². The second kappa shape index (κ2) is 6.74. The van der Waals surface area contributed by atoms with Crippen LogP contribution in [0.4, 0.5) is 0 Å². The van der Waals surface area contributed by atoms with E-state index in [-0.39, 0.29) is 5.91 Å². The monoisotopic (exact) mass is 259 g/mol. The van der Waals surface area contributed by atoms with Crippen molar-refractivity contribution in [3.63, 3.8) is 0 Å². The van der Waals surface area contributed by atoms with Crippen LogP contribution in [0.3, 0.4) is 0 Å². The molecule has 1 aliphatic rings. The van der Waals surface area contributed by atoms with Gasteiger partial charge in [-0.3, -0.25) is 4.79 Å². The molecule has 0 radical (unpaired) electrons. The molecule has 1 amide bonds. The average Bonchev–Trinajstić information content (AvgIpc) is 2.46. The van der Waals surface area contributed by atoms with Gasteiger partial charge in [-0.1, -0.05) is 32.0 Å². The lowest BCUT2D eigenvalue weighted by Gasteiger charge is -2.26. The van der Waals surface area contributed by atoms with Gasteiger partial charge in [0.15, 0.2) is 0 Å². The Kier molecular flexibility index (Phi) is 5.00. The zero-order valence-electron chi connectivity index (χ0n) is 12.2. The third-order valence-corrected chi connectivity index (χ3v) is 4.19. The maximum absolute atomic E-state index is 11.3. The Balaban J connectivity index is 2.02. The molecule has 1 N–H and O–H groups in total. The van der Waals surface area contributed by atoms with Crippen molar-refractivity contribution < 1.29 is 4.79 Å². The molecule has 0 heterocycles. The first-order valence-corrected chi connectivity index (χ1v) is 7.63. The van der Waals surface area contributed by atoms with E-state index in [1.165, 1.54) is 36.0 Å². The molecule has 0 saturated heterocycles. The predicted octanol–water partition coefficient (Wildman–Crippen LogP) is 3.59. The lowest BCUT2D eigenvalue weighted by atomic mass is 9.80. The van der Waals surface area contributed by atoms with Gasteiger partial charge in [0.05, 0.1) is 0 Å².